The molecule has 0 unspecified atom stereocenters. The van der Waals surface area contributed by atoms with Crippen LogP contribution in [-0.4, -0.2) is 30.5 Å². The molecule has 0 aliphatic rings. The Balaban J connectivity index is 1.49. The van der Waals surface area contributed by atoms with E-state index in [2.05, 4.69) is 31.8 Å². The molecule has 0 aliphatic heterocycles. The Bertz CT molecular complexity index is 1540. The quantitative estimate of drug-likeness (QED) is 0.118. The number of benzene rings is 4. The van der Waals surface area contributed by atoms with Gasteiger partial charge < -0.3 is 10.1 Å². The van der Waals surface area contributed by atoms with E-state index in [9.17, 15) is 14.4 Å². The highest BCUT2D eigenvalue weighted by atomic mass is 79.9. The van der Waals surface area contributed by atoms with Gasteiger partial charge in [0.05, 0.1) is 23.3 Å². The van der Waals surface area contributed by atoms with Crippen molar-refractivity contribution >= 4 is 73.9 Å². The molecule has 0 radical (unpaired) electrons. The lowest BCUT2D eigenvalue weighted by atomic mass is 10.0. The maximum absolute atomic E-state index is 12.8. The summed E-state index contributed by atoms with van der Waals surface area (Å²) in [4.78, 5) is 37.3. The maximum atomic E-state index is 12.8. The van der Waals surface area contributed by atoms with Gasteiger partial charge in [0.15, 0.2) is 0 Å². The number of halogens is 3. The SMILES string of the molecule is O=C(CNC(=O)c1cccc(Br)c1)N/N=C/c1c(OC(=O)c2ccc(Cl)cc2Cl)ccc2ccccc12. The molecule has 0 spiro atoms. The first-order valence-corrected chi connectivity index (χ1v) is 12.4. The van der Waals surface area contributed by atoms with Crippen molar-refractivity contribution in [1.29, 1.82) is 0 Å². The minimum Gasteiger partial charge on any atom is -0.422 e. The van der Waals surface area contributed by atoms with Gasteiger partial charge in [-0.05, 0) is 53.2 Å². The van der Waals surface area contributed by atoms with Crippen molar-refractivity contribution in [3.8, 4) is 5.75 Å². The van der Waals surface area contributed by atoms with Crippen LogP contribution in [0.3, 0.4) is 0 Å². The normalized spacial score (nSPS) is 10.9. The molecule has 10 heteroatoms. The lowest BCUT2D eigenvalue weighted by Gasteiger charge is -2.11. The van der Waals surface area contributed by atoms with Gasteiger partial charge in [0.25, 0.3) is 11.8 Å². The molecule has 0 bridgehead atoms. The van der Waals surface area contributed by atoms with Crippen LogP contribution < -0.4 is 15.5 Å². The molecular formula is C27H18BrCl2N3O4. The summed E-state index contributed by atoms with van der Waals surface area (Å²) in [6, 6.07) is 22.1. The summed E-state index contributed by atoms with van der Waals surface area (Å²) in [6.45, 7) is -0.283. The van der Waals surface area contributed by atoms with Crippen LogP contribution in [0.15, 0.2) is 88.4 Å². The molecule has 0 fully saturated rings. The zero-order valence-electron chi connectivity index (χ0n) is 19.0. The average Bonchev–Trinajstić information content (AvgIpc) is 2.88. The Kier molecular flexibility index (Phi) is 8.55. The first kappa shape index (κ1) is 26.3. The van der Waals surface area contributed by atoms with E-state index in [0.29, 0.717) is 16.1 Å². The Morgan fingerprint density at radius 3 is 2.54 bits per heavy atom. The van der Waals surface area contributed by atoms with Crippen molar-refractivity contribution in [2.24, 2.45) is 5.10 Å². The highest BCUT2D eigenvalue weighted by Gasteiger charge is 2.16. The third-order valence-corrected chi connectivity index (χ3v) is 6.20. The topological polar surface area (TPSA) is 96.9 Å². The van der Waals surface area contributed by atoms with Gasteiger partial charge in [-0.25, -0.2) is 10.2 Å². The van der Waals surface area contributed by atoms with Gasteiger partial charge >= 0.3 is 5.97 Å². The van der Waals surface area contributed by atoms with Crippen LogP contribution in [0, 0.1) is 0 Å². The van der Waals surface area contributed by atoms with E-state index in [0.717, 1.165) is 15.2 Å². The molecule has 0 aromatic heterocycles. The first-order chi connectivity index (χ1) is 17.8. The van der Waals surface area contributed by atoms with Crippen molar-refractivity contribution in [3.63, 3.8) is 0 Å². The Morgan fingerprint density at radius 2 is 1.76 bits per heavy atom. The summed E-state index contributed by atoms with van der Waals surface area (Å²) >= 11 is 15.4. The van der Waals surface area contributed by atoms with E-state index in [1.54, 1.807) is 36.4 Å². The molecule has 0 aliphatic carbocycles. The number of hydrogen-bond acceptors (Lipinski definition) is 5. The fourth-order valence-corrected chi connectivity index (χ4v) is 4.29. The second-order valence-electron chi connectivity index (χ2n) is 7.70. The zero-order valence-corrected chi connectivity index (χ0v) is 22.1. The third-order valence-electron chi connectivity index (χ3n) is 5.16. The molecule has 7 nitrogen and oxygen atoms in total. The molecule has 4 aromatic carbocycles. The zero-order chi connectivity index (χ0) is 26.4. The molecule has 2 N–H and O–H groups in total. The van der Waals surface area contributed by atoms with Crippen LogP contribution >= 0.6 is 39.1 Å². The minimum absolute atomic E-state index is 0.150. The Hall–Kier alpha value is -3.72. The fourth-order valence-electron chi connectivity index (χ4n) is 3.41. The number of rotatable bonds is 7. The predicted octanol–water partition coefficient (Wildman–Crippen LogP) is 6.01. The number of carbonyl (C=O) groups excluding carboxylic acids is 3. The van der Waals surface area contributed by atoms with Crippen LogP contribution in [-0.2, 0) is 4.79 Å². The predicted molar refractivity (Wildman–Crippen MR) is 148 cm³/mol. The molecule has 4 aromatic rings. The van der Waals surface area contributed by atoms with E-state index < -0.39 is 17.8 Å². The molecule has 0 saturated carbocycles. The minimum atomic E-state index is -0.675. The number of carbonyl (C=O) groups is 3. The molecule has 0 heterocycles. The lowest BCUT2D eigenvalue weighted by Crippen LogP contribution is -2.34. The number of ether oxygens (including phenoxy) is 1. The average molecular weight is 599 g/mol. The molecule has 0 atom stereocenters. The molecule has 0 saturated heterocycles. The van der Waals surface area contributed by atoms with Gasteiger partial charge in [0.2, 0.25) is 0 Å². The van der Waals surface area contributed by atoms with E-state index in [1.165, 1.54) is 24.4 Å². The van der Waals surface area contributed by atoms with Gasteiger partial charge in [-0.2, -0.15) is 5.10 Å². The van der Waals surface area contributed by atoms with E-state index in [4.69, 9.17) is 27.9 Å². The summed E-state index contributed by atoms with van der Waals surface area (Å²) in [5.74, 6) is -1.39. The highest BCUT2D eigenvalue weighted by Crippen LogP contribution is 2.29. The Morgan fingerprint density at radius 1 is 0.946 bits per heavy atom. The van der Waals surface area contributed by atoms with Crippen molar-refractivity contribution in [3.05, 3.63) is 110 Å². The molecule has 2 amide bonds. The van der Waals surface area contributed by atoms with Crippen LogP contribution in [0.25, 0.3) is 10.8 Å². The van der Waals surface area contributed by atoms with Gasteiger partial charge in [-0.1, -0.05) is 75.5 Å². The highest BCUT2D eigenvalue weighted by molar-refractivity contribution is 9.10. The number of hydrazone groups is 1. The number of amides is 2. The number of nitrogens with one attached hydrogen (secondary N) is 2. The second-order valence-corrected chi connectivity index (χ2v) is 9.46. The maximum Gasteiger partial charge on any atom is 0.345 e. The molecular weight excluding hydrogens is 581 g/mol. The van der Waals surface area contributed by atoms with Gasteiger partial charge in [0.1, 0.15) is 5.75 Å². The fraction of sp³-hybridized carbons (Fsp3) is 0.0370. The molecule has 37 heavy (non-hydrogen) atoms. The number of fused-ring (bicyclic) bond motifs is 1. The Labute approximate surface area is 230 Å². The van der Waals surface area contributed by atoms with Crippen molar-refractivity contribution < 1.29 is 19.1 Å². The molecule has 186 valence electrons. The second kappa shape index (κ2) is 12.0. The number of esters is 1. The van der Waals surface area contributed by atoms with Crippen LogP contribution in [0.1, 0.15) is 26.3 Å². The van der Waals surface area contributed by atoms with Crippen LogP contribution in [0.4, 0.5) is 0 Å². The van der Waals surface area contributed by atoms with E-state index in [1.807, 2.05) is 24.3 Å². The smallest absolute Gasteiger partial charge is 0.345 e. The van der Waals surface area contributed by atoms with Gasteiger partial charge in [-0.15, -0.1) is 0 Å². The molecule has 4 rings (SSSR count). The summed E-state index contributed by atoms with van der Waals surface area (Å²) in [5, 5.41) is 8.71. The van der Waals surface area contributed by atoms with E-state index >= 15 is 0 Å². The summed E-state index contributed by atoms with van der Waals surface area (Å²) in [5.41, 5.74) is 3.40. The monoisotopic (exact) mass is 597 g/mol. The summed E-state index contributed by atoms with van der Waals surface area (Å²) < 4.78 is 6.37. The number of hydrogen-bond donors (Lipinski definition) is 2. The summed E-state index contributed by atoms with van der Waals surface area (Å²) in [7, 11) is 0. The lowest BCUT2D eigenvalue weighted by molar-refractivity contribution is -0.120. The number of nitrogens with zero attached hydrogens (tertiary/aromatic N) is 1. The standard InChI is InChI=1S/C27H18BrCl2N3O4/c28-18-6-3-5-17(12-18)26(35)31-15-25(34)33-32-14-22-20-7-2-1-4-16(20)8-11-24(22)37-27(36)21-10-9-19(29)13-23(21)30/h1-14H,15H2,(H,31,35)(H,33,34)/b32-14+. The third kappa shape index (κ3) is 6.74. The first-order valence-electron chi connectivity index (χ1n) is 10.9. The summed E-state index contributed by atoms with van der Waals surface area (Å²) in [6.07, 6.45) is 1.38. The van der Waals surface area contributed by atoms with Crippen molar-refractivity contribution in [2.75, 3.05) is 6.54 Å². The largest absolute Gasteiger partial charge is 0.422 e. The van der Waals surface area contributed by atoms with Crippen LogP contribution in [0.2, 0.25) is 10.0 Å². The van der Waals surface area contributed by atoms with Crippen molar-refractivity contribution in [2.45, 2.75) is 0 Å². The van der Waals surface area contributed by atoms with Crippen molar-refractivity contribution in [1.82, 2.24) is 10.7 Å². The van der Waals surface area contributed by atoms with E-state index in [-0.39, 0.29) is 22.9 Å². The van der Waals surface area contributed by atoms with Gasteiger partial charge in [0, 0.05) is 20.6 Å². The van der Waals surface area contributed by atoms with Gasteiger partial charge in [-0.3, -0.25) is 9.59 Å². The van der Waals surface area contributed by atoms with Crippen LogP contribution in [0.5, 0.6) is 5.75 Å².